The van der Waals surface area contributed by atoms with Gasteiger partial charge < -0.3 is 10.1 Å². The molecule has 19 heavy (non-hydrogen) atoms. The van der Waals surface area contributed by atoms with Gasteiger partial charge in [0.2, 0.25) is 5.91 Å². The van der Waals surface area contributed by atoms with Crippen molar-refractivity contribution < 1.29 is 22.7 Å². The van der Waals surface area contributed by atoms with Gasteiger partial charge in [-0.1, -0.05) is 11.6 Å². The number of carbonyl (C=O) groups excluding carboxylic acids is 1. The summed E-state index contributed by atoms with van der Waals surface area (Å²) in [6.45, 7) is -1.66. The molecule has 0 atom stereocenters. The third-order valence-corrected chi connectivity index (χ3v) is 2.94. The van der Waals surface area contributed by atoms with Gasteiger partial charge in [0.15, 0.2) is 0 Å². The molecule has 0 unspecified atom stereocenters. The van der Waals surface area contributed by atoms with Gasteiger partial charge in [0.05, 0.1) is 23.7 Å². The largest absolute Gasteiger partial charge is 0.411 e. The monoisotopic (exact) mass is 407 g/mol. The van der Waals surface area contributed by atoms with Crippen molar-refractivity contribution in [1.82, 2.24) is 0 Å². The molecule has 0 aromatic heterocycles. The number of halogens is 5. The first-order valence-corrected chi connectivity index (χ1v) is 6.63. The summed E-state index contributed by atoms with van der Waals surface area (Å²) in [5.74, 6) is -0.453. The lowest BCUT2D eigenvalue weighted by molar-refractivity contribution is -0.174. The molecule has 1 aromatic carbocycles. The number of alkyl halides is 3. The van der Waals surface area contributed by atoms with E-state index in [0.717, 1.165) is 3.57 Å². The number of amides is 1. The molecule has 0 saturated carbocycles. The van der Waals surface area contributed by atoms with Crippen LogP contribution in [0.2, 0.25) is 5.02 Å². The van der Waals surface area contributed by atoms with Crippen LogP contribution in [0.4, 0.5) is 18.9 Å². The minimum absolute atomic E-state index is 0.169. The summed E-state index contributed by atoms with van der Waals surface area (Å²) in [7, 11) is 0. The van der Waals surface area contributed by atoms with E-state index in [2.05, 4.69) is 32.6 Å². The van der Waals surface area contributed by atoms with E-state index in [-0.39, 0.29) is 13.0 Å². The molecule has 8 heteroatoms. The zero-order chi connectivity index (χ0) is 14.5. The predicted octanol–water partition coefficient (Wildman–Crippen LogP) is 3.85. The number of hydrogen-bond donors (Lipinski definition) is 1. The average Bonchev–Trinajstić information content (AvgIpc) is 2.28. The van der Waals surface area contributed by atoms with Crippen molar-refractivity contribution in [2.45, 2.75) is 12.6 Å². The van der Waals surface area contributed by atoms with E-state index in [4.69, 9.17) is 11.6 Å². The highest BCUT2D eigenvalue weighted by Crippen LogP contribution is 2.24. The fourth-order valence-electron chi connectivity index (χ4n) is 1.16. The summed E-state index contributed by atoms with van der Waals surface area (Å²) in [4.78, 5) is 11.5. The lowest BCUT2D eigenvalue weighted by Gasteiger charge is -2.09. The van der Waals surface area contributed by atoms with Gasteiger partial charge in [-0.15, -0.1) is 0 Å². The Morgan fingerprint density at radius 2 is 2.11 bits per heavy atom. The van der Waals surface area contributed by atoms with Gasteiger partial charge in [-0.05, 0) is 40.8 Å². The molecule has 0 fully saturated rings. The molecule has 0 saturated heterocycles. The van der Waals surface area contributed by atoms with Crippen LogP contribution in [0.5, 0.6) is 0 Å². The first-order valence-electron chi connectivity index (χ1n) is 5.17. The van der Waals surface area contributed by atoms with Crippen LogP contribution >= 0.6 is 34.2 Å². The molecule has 0 radical (unpaired) electrons. The van der Waals surface area contributed by atoms with E-state index in [1.807, 2.05) is 0 Å². The van der Waals surface area contributed by atoms with Gasteiger partial charge in [-0.2, -0.15) is 13.2 Å². The normalized spacial score (nSPS) is 11.4. The molecule has 106 valence electrons. The first-order chi connectivity index (χ1) is 8.78. The Hall–Kier alpha value is -0.540. The van der Waals surface area contributed by atoms with Crippen LogP contribution in [0.3, 0.4) is 0 Å². The van der Waals surface area contributed by atoms with Crippen molar-refractivity contribution in [2.75, 3.05) is 18.5 Å². The summed E-state index contributed by atoms with van der Waals surface area (Å²) in [6.07, 6.45) is -4.55. The van der Waals surface area contributed by atoms with Crippen molar-refractivity contribution in [3.8, 4) is 0 Å². The van der Waals surface area contributed by atoms with Gasteiger partial charge in [0, 0.05) is 3.57 Å². The Labute approximate surface area is 126 Å². The molecule has 0 aliphatic heterocycles. The van der Waals surface area contributed by atoms with Crippen molar-refractivity contribution >= 4 is 45.8 Å². The third-order valence-electron chi connectivity index (χ3n) is 1.94. The van der Waals surface area contributed by atoms with Crippen molar-refractivity contribution in [3.05, 3.63) is 26.8 Å². The van der Waals surface area contributed by atoms with E-state index in [1.54, 1.807) is 18.2 Å². The smallest absolute Gasteiger partial charge is 0.372 e. The molecule has 0 aliphatic rings. The van der Waals surface area contributed by atoms with Gasteiger partial charge in [-0.3, -0.25) is 4.79 Å². The minimum Gasteiger partial charge on any atom is -0.372 e. The Morgan fingerprint density at radius 1 is 1.42 bits per heavy atom. The minimum atomic E-state index is -4.38. The lowest BCUT2D eigenvalue weighted by Crippen LogP contribution is -2.20. The van der Waals surface area contributed by atoms with Gasteiger partial charge in [0.1, 0.15) is 6.61 Å². The van der Waals surface area contributed by atoms with Crippen molar-refractivity contribution in [2.24, 2.45) is 0 Å². The molecule has 0 spiro atoms. The third kappa shape index (κ3) is 6.98. The maximum Gasteiger partial charge on any atom is 0.411 e. The fourth-order valence-corrected chi connectivity index (χ4v) is 1.81. The number of hydrogen-bond acceptors (Lipinski definition) is 2. The van der Waals surface area contributed by atoms with Crippen molar-refractivity contribution in [3.63, 3.8) is 0 Å². The van der Waals surface area contributed by atoms with Gasteiger partial charge >= 0.3 is 6.18 Å². The van der Waals surface area contributed by atoms with Crippen molar-refractivity contribution in [1.29, 1.82) is 0 Å². The van der Waals surface area contributed by atoms with Gasteiger partial charge in [-0.25, -0.2) is 0 Å². The summed E-state index contributed by atoms with van der Waals surface area (Å²) < 4.78 is 40.6. The van der Waals surface area contributed by atoms with E-state index < -0.39 is 18.7 Å². The fraction of sp³-hybridized carbons (Fsp3) is 0.364. The Balaban J connectivity index is 2.37. The van der Waals surface area contributed by atoms with Crippen LogP contribution < -0.4 is 5.32 Å². The molecule has 0 aliphatic carbocycles. The van der Waals surface area contributed by atoms with E-state index in [0.29, 0.717) is 10.7 Å². The zero-order valence-electron chi connectivity index (χ0n) is 9.56. The number of rotatable bonds is 5. The topological polar surface area (TPSA) is 38.3 Å². The number of nitrogens with one attached hydrogen (secondary N) is 1. The lowest BCUT2D eigenvalue weighted by atomic mass is 10.3. The van der Waals surface area contributed by atoms with Crippen LogP contribution in [0.1, 0.15) is 6.42 Å². The van der Waals surface area contributed by atoms with Crippen LogP contribution in [0, 0.1) is 3.57 Å². The first kappa shape index (κ1) is 16.5. The highest BCUT2D eigenvalue weighted by atomic mass is 127. The summed E-state index contributed by atoms with van der Waals surface area (Å²) >= 11 is 7.92. The van der Waals surface area contributed by atoms with Crippen LogP contribution in [-0.4, -0.2) is 25.3 Å². The van der Waals surface area contributed by atoms with E-state index in [1.165, 1.54) is 0 Å². The number of ether oxygens (including phenoxy) is 1. The molecular weight excluding hydrogens is 397 g/mol. The number of benzene rings is 1. The standard InChI is InChI=1S/C11H10ClF3INO2/c12-8-2-1-7(16)5-9(8)17-10(18)3-4-19-6-11(13,14)15/h1-2,5H,3-4,6H2,(H,17,18). The Kier molecular flexibility index (Phi) is 6.34. The van der Waals surface area contributed by atoms with Gasteiger partial charge in [0.25, 0.3) is 0 Å². The maximum absolute atomic E-state index is 11.8. The predicted molar refractivity (Wildman–Crippen MR) is 74.3 cm³/mol. The zero-order valence-corrected chi connectivity index (χ0v) is 12.5. The average molecular weight is 408 g/mol. The van der Waals surface area contributed by atoms with E-state index >= 15 is 0 Å². The summed E-state index contributed by atoms with van der Waals surface area (Å²) in [5.41, 5.74) is 0.425. The molecule has 0 bridgehead atoms. The molecule has 0 heterocycles. The second kappa shape index (κ2) is 7.30. The Morgan fingerprint density at radius 3 is 2.74 bits per heavy atom. The van der Waals surface area contributed by atoms with Crippen LogP contribution in [0.15, 0.2) is 18.2 Å². The Bertz CT molecular complexity index is 454. The molecule has 1 aromatic rings. The van der Waals surface area contributed by atoms with E-state index in [9.17, 15) is 18.0 Å². The quantitative estimate of drug-likeness (QED) is 0.595. The van der Waals surface area contributed by atoms with Crippen LogP contribution in [0.25, 0.3) is 0 Å². The maximum atomic E-state index is 11.8. The molecular formula is C11H10ClF3INO2. The molecule has 1 rings (SSSR count). The molecule has 1 N–H and O–H groups in total. The second-order valence-electron chi connectivity index (χ2n) is 3.59. The second-order valence-corrected chi connectivity index (χ2v) is 5.24. The molecule has 1 amide bonds. The van der Waals surface area contributed by atoms with Crippen LogP contribution in [-0.2, 0) is 9.53 Å². The summed E-state index contributed by atoms with van der Waals surface area (Å²) in [5, 5.41) is 2.88. The molecule has 3 nitrogen and oxygen atoms in total. The highest BCUT2D eigenvalue weighted by molar-refractivity contribution is 14.1. The number of carbonyl (C=O) groups is 1. The summed E-state index contributed by atoms with van der Waals surface area (Å²) in [6, 6.07) is 5.06. The SMILES string of the molecule is O=C(CCOCC(F)(F)F)Nc1cc(I)ccc1Cl. The highest BCUT2D eigenvalue weighted by Gasteiger charge is 2.27. The number of anilines is 1.